The molecule has 7 nitrogen and oxygen atoms in total. The third-order valence-electron chi connectivity index (χ3n) is 4.83. The van der Waals surface area contributed by atoms with E-state index in [1.165, 1.54) is 0 Å². The summed E-state index contributed by atoms with van der Waals surface area (Å²) in [5, 5.41) is 6.02. The number of anilines is 1. The molecule has 0 atom stereocenters. The zero-order valence-electron chi connectivity index (χ0n) is 17.1. The number of nitrogens with zero attached hydrogens (tertiary/aromatic N) is 3. The molecule has 0 aliphatic heterocycles. The molecule has 30 heavy (non-hydrogen) atoms. The summed E-state index contributed by atoms with van der Waals surface area (Å²) in [7, 11) is 0. The van der Waals surface area contributed by atoms with Crippen molar-refractivity contribution in [1.29, 1.82) is 0 Å². The van der Waals surface area contributed by atoms with Crippen molar-refractivity contribution in [3.63, 3.8) is 0 Å². The van der Waals surface area contributed by atoms with Crippen LogP contribution in [-0.4, -0.2) is 33.5 Å². The Morgan fingerprint density at radius 3 is 2.77 bits per heavy atom. The van der Waals surface area contributed by atoms with Crippen LogP contribution < -0.4 is 11.0 Å². The lowest BCUT2D eigenvalue weighted by Gasteiger charge is -2.13. The fraction of sp³-hybridized carbons (Fsp3) is 0.261. The average Bonchev–Trinajstić information content (AvgIpc) is 3.16. The topological polar surface area (TPSA) is 84.3 Å². The molecule has 2 heterocycles. The Morgan fingerprint density at radius 1 is 1.17 bits per heavy atom. The van der Waals surface area contributed by atoms with Crippen LogP contribution in [0.3, 0.4) is 0 Å². The first-order chi connectivity index (χ1) is 14.6. The quantitative estimate of drug-likeness (QED) is 0.263. The third kappa shape index (κ3) is 4.26. The number of hydrazone groups is 1. The molecular weight excluding hydrogens is 378 g/mol. The van der Waals surface area contributed by atoms with E-state index in [1.807, 2.05) is 62.5 Å². The van der Waals surface area contributed by atoms with Gasteiger partial charge in [0.25, 0.3) is 5.56 Å². The standard InChI is InChI=1S/C23H25N5O2/c1-16(2)30-13-7-12-28-22(29)19-9-4-6-11-21(19)26-23(28)27-25-15-17-14-24-20-10-5-3-8-18(17)20/h3-6,8-11,14-16,24H,7,12-13H2,1-2H3,(H,26,27)/b25-15+. The zero-order chi connectivity index (χ0) is 20.9. The van der Waals surface area contributed by atoms with Gasteiger partial charge in [0.05, 0.1) is 23.2 Å². The predicted octanol–water partition coefficient (Wildman–Crippen LogP) is 4.14. The second kappa shape index (κ2) is 8.92. The molecule has 4 rings (SSSR count). The summed E-state index contributed by atoms with van der Waals surface area (Å²) in [5.41, 5.74) is 5.52. The van der Waals surface area contributed by atoms with E-state index in [9.17, 15) is 4.79 Å². The van der Waals surface area contributed by atoms with Crippen molar-refractivity contribution in [2.24, 2.45) is 5.10 Å². The van der Waals surface area contributed by atoms with Gasteiger partial charge < -0.3 is 9.72 Å². The highest BCUT2D eigenvalue weighted by Gasteiger charge is 2.10. The predicted molar refractivity (Wildman–Crippen MR) is 121 cm³/mol. The second-order valence-corrected chi connectivity index (χ2v) is 7.34. The summed E-state index contributed by atoms with van der Waals surface area (Å²) in [6.45, 7) is 5.07. The van der Waals surface area contributed by atoms with Crippen LogP contribution in [0.25, 0.3) is 21.8 Å². The van der Waals surface area contributed by atoms with Gasteiger partial charge in [0.15, 0.2) is 0 Å². The monoisotopic (exact) mass is 403 g/mol. The van der Waals surface area contributed by atoms with Gasteiger partial charge in [-0.2, -0.15) is 5.10 Å². The van der Waals surface area contributed by atoms with Crippen LogP contribution in [0.1, 0.15) is 25.8 Å². The van der Waals surface area contributed by atoms with E-state index < -0.39 is 0 Å². The van der Waals surface area contributed by atoms with Crippen LogP contribution in [-0.2, 0) is 11.3 Å². The van der Waals surface area contributed by atoms with E-state index in [0.717, 1.165) is 16.5 Å². The lowest BCUT2D eigenvalue weighted by molar-refractivity contribution is 0.0748. The highest BCUT2D eigenvalue weighted by molar-refractivity contribution is 5.99. The normalized spacial score (nSPS) is 11.8. The van der Waals surface area contributed by atoms with E-state index in [4.69, 9.17) is 4.74 Å². The smallest absolute Gasteiger partial charge is 0.262 e. The number of fused-ring (bicyclic) bond motifs is 2. The molecule has 0 bridgehead atoms. The summed E-state index contributed by atoms with van der Waals surface area (Å²) in [6.07, 6.45) is 4.50. The van der Waals surface area contributed by atoms with Gasteiger partial charge in [-0.05, 0) is 38.5 Å². The van der Waals surface area contributed by atoms with Gasteiger partial charge in [0.2, 0.25) is 5.95 Å². The van der Waals surface area contributed by atoms with Crippen molar-refractivity contribution in [2.75, 3.05) is 12.0 Å². The van der Waals surface area contributed by atoms with Crippen LogP contribution in [0, 0.1) is 0 Å². The molecule has 2 aromatic carbocycles. The molecule has 0 radical (unpaired) electrons. The Bertz CT molecular complexity index is 1240. The van der Waals surface area contributed by atoms with Gasteiger partial charge in [-0.1, -0.05) is 30.3 Å². The Kier molecular flexibility index (Phi) is 5.90. The highest BCUT2D eigenvalue weighted by atomic mass is 16.5. The minimum Gasteiger partial charge on any atom is -0.379 e. The number of H-pyrrole nitrogens is 1. The van der Waals surface area contributed by atoms with Crippen LogP contribution >= 0.6 is 0 Å². The van der Waals surface area contributed by atoms with Gasteiger partial charge in [-0.15, -0.1) is 0 Å². The molecule has 0 unspecified atom stereocenters. The minimum atomic E-state index is -0.0880. The third-order valence-corrected chi connectivity index (χ3v) is 4.83. The fourth-order valence-corrected chi connectivity index (χ4v) is 3.36. The SMILES string of the molecule is CC(C)OCCCn1c(N/N=C/c2c[nH]c3ccccc23)nc2ccccc2c1=O. The van der Waals surface area contributed by atoms with Crippen LogP contribution in [0.4, 0.5) is 5.95 Å². The summed E-state index contributed by atoms with van der Waals surface area (Å²) >= 11 is 0. The van der Waals surface area contributed by atoms with E-state index in [2.05, 4.69) is 20.5 Å². The van der Waals surface area contributed by atoms with Crippen molar-refractivity contribution in [1.82, 2.24) is 14.5 Å². The molecule has 4 aromatic rings. The highest BCUT2D eigenvalue weighted by Crippen LogP contribution is 2.16. The summed E-state index contributed by atoms with van der Waals surface area (Å²) in [4.78, 5) is 20.9. The Hall–Kier alpha value is -3.45. The lowest BCUT2D eigenvalue weighted by atomic mass is 10.2. The average molecular weight is 403 g/mol. The molecular formula is C23H25N5O2. The molecule has 0 saturated heterocycles. The molecule has 7 heteroatoms. The molecule has 2 aromatic heterocycles. The number of hydrogen-bond acceptors (Lipinski definition) is 5. The van der Waals surface area contributed by atoms with Crippen LogP contribution in [0.15, 0.2) is 64.6 Å². The molecule has 0 aliphatic rings. The van der Waals surface area contributed by atoms with Crippen molar-refractivity contribution in [3.8, 4) is 0 Å². The maximum atomic E-state index is 13.0. The summed E-state index contributed by atoms with van der Waals surface area (Å²) in [6, 6.07) is 15.4. The van der Waals surface area contributed by atoms with Crippen LogP contribution in [0.5, 0.6) is 0 Å². The number of ether oxygens (including phenoxy) is 1. The first-order valence-corrected chi connectivity index (χ1v) is 10.1. The lowest BCUT2D eigenvalue weighted by Crippen LogP contribution is -2.25. The molecule has 2 N–H and O–H groups in total. The molecule has 0 saturated carbocycles. The number of aromatic nitrogens is 3. The molecule has 154 valence electrons. The number of nitrogens with one attached hydrogen (secondary N) is 2. The van der Waals surface area contributed by atoms with E-state index in [-0.39, 0.29) is 11.7 Å². The Balaban J connectivity index is 1.61. The van der Waals surface area contributed by atoms with Gasteiger partial charge >= 0.3 is 0 Å². The van der Waals surface area contributed by atoms with E-state index in [0.29, 0.717) is 36.4 Å². The van der Waals surface area contributed by atoms with Crippen LogP contribution in [0.2, 0.25) is 0 Å². The Morgan fingerprint density at radius 2 is 1.93 bits per heavy atom. The van der Waals surface area contributed by atoms with Crippen molar-refractivity contribution < 1.29 is 4.74 Å². The molecule has 0 fully saturated rings. The van der Waals surface area contributed by atoms with Crippen molar-refractivity contribution >= 4 is 34.0 Å². The van der Waals surface area contributed by atoms with E-state index >= 15 is 0 Å². The molecule has 0 amide bonds. The van der Waals surface area contributed by atoms with E-state index in [1.54, 1.807) is 16.8 Å². The first kappa shape index (κ1) is 19.8. The molecule has 0 spiro atoms. The first-order valence-electron chi connectivity index (χ1n) is 10.1. The van der Waals surface area contributed by atoms with Gasteiger partial charge in [0, 0.05) is 35.8 Å². The largest absolute Gasteiger partial charge is 0.379 e. The zero-order valence-corrected chi connectivity index (χ0v) is 17.1. The van der Waals surface area contributed by atoms with Gasteiger partial charge in [-0.3, -0.25) is 9.36 Å². The second-order valence-electron chi connectivity index (χ2n) is 7.34. The van der Waals surface area contributed by atoms with Gasteiger partial charge in [-0.25, -0.2) is 10.4 Å². The number of rotatable bonds is 8. The number of para-hydroxylation sites is 2. The van der Waals surface area contributed by atoms with Gasteiger partial charge in [0.1, 0.15) is 0 Å². The van der Waals surface area contributed by atoms with Crippen molar-refractivity contribution in [3.05, 3.63) is 70.6 Å². The fourth-order valence-electron chi connectivity index (χ4n) is 3.36. The number of benzene rings is 2. The summed E-state index contributed by atoms with van der Waals surface area (Å²) < 4.78 is 7.24. The van der Waals surface area contributed by atoms with Crippen molar-refractivity contribution in [2.45, 2.75) is 32.9 Å². The maximum Gasteiger partial charge on any atom is 0.262 e. The Labute approximate surface area is 174 Å². The maximum absolute atomic E-state index is 13.0. The number of aromatic amines is 1. The molecule has 0 aliphatic carbocycles. The minimum absolute atomic E-state index is 0.0880. The number of hydrogen-bond donors (Lipinski definition) is 2. The summed E-state index contributed by atoms with van der Waals surface area (Å²) in [5.74, 6) is 0.416.